The van der Waals surface area contributed by atoms with E-state index in [2.05, 4.69) is 20.4 Å². The van der Waals surface area contributed by atoms with Gasteiger partial charge in [0.2, 0.25) is 5.91 Å². The molecule has 0 saturated heterocycles. The van der Waals surface area contributed by atoms with E-state index in [1.807, 2.05) is 25.1 Å². The number of rotatable bonds is 5. The quantitative estimate of drug-likeness (QED) is 0.676. The fourth-order valence-electron chi connectivity index (χ4n) is 2.06. The Balaban J connectivity index is 1.58. The number of carbonyl (C=O) groups excluding carboxylic acids is 1. The normalized spacial score (nSPS) is 10.7. The molecule has 0 unspecified atom stereocenters. The van der Waals surface area contributed by atoms with Crippen LogP contribution in [0.1, 0.15) is 11.4 Å². The van der Waals surface area contributed by atoms with Crippen LogP contribution in [0.25, 0.3) is 11.5 Å². The van der Waals surface area contributed by atoms with Crippen molar-refractivity contribution in [1.82, 2.24) is 15.1 Å². The minimum absolute atomic E-state index is 0.117. The molecule has 6 nitrogen and oxygen atoms in total. The Morgan fingerprint density at radius 2 is 2.12 bits per heavy atom. The van der Waals surface area contributed by atoms with Crippen LogP contribution < -0.4 is 5.32 Å². The van der Waals surface area contributed by atoms with Gasteiger partial charge in [0.15, 0.2) is 5.82 Å². The maximum absolute atomic E-state index is 12.1. The molecule has 0 aliphatic rings. The topological polar surface area (TPSA) is 80.9 Å². The minimum atomic E-state index is -0.117. The van der Waals surface area contributed by atoms with Crippen LogP contribution in [0.15, 0.2) is 46.1 Å². The molecule has 1 aromatic carbocycles. The number of aryl methyl sites for hydroxylation is 2. The van der Waals surface area contributed by atoms with E-state index in [0.29, 0.717) is 22.4 Å². The Morgan fingerprint density at radius 1 is 1.28 bits per heavy atom. The van der Waals surface area contributed by atoms with Gasteiger partial charge in [-0.3, -0.25) is 4.79 Å². The van der Waals surface area contributed by atoms with Crippen molar-refractivity contribution < 1.29 is 9.32 Å². The lowest BCUT2D eigenvalue weighted by atomic mass is 10.2. The second kappa shape index (κ2) is 7.67. The summed E-state index contributed by atoms with van der Waals surface area (Å²) in [5, 5.41) is 7.92. The highest BCUT2D eigenvalue weighted by atomic mass is 35.5. The highest BCUT2D eigenvalue weighted by molar-refractivity contribution is 7.99. The highest BCUT2D eigenvalue weighted by Crippen LogP contribution is 2.23. The third-order valence-corrected chi connectivity index (χ3v) is 4.51. The van der Waals surface area contributed by atoms with Gasteiger partial charge in [0.05, 0.1) is 16.3 Å². The van der Waals surface area contributed by atoms with Crippen molar-refractivity contribution >= 4 is 35.0 Å². The number of amides is 1. The molecule has 1 amide bonds. The molecule has 0 aliphatic carbocycles. The van der Waals surface area contributed by atoms with Crippen LogP contribution in [0.3, 0.4) is 0 Å². The minimum Gasteiger partial charge on any atom is -0.334 e. The predicted octanol–water partition coefficient (Wildman–Crippen LogP) is 4.13. The molecule has 3 aromatic rings. The molecule has 0 saturated carbocycles. The number of benzene rings is 1. The van der Waals surface area contributed by atoms with Crippen molar-refractivity contribution in [1.29, 1.82) is 0 Å². The average Bonchev–Trinajstić information content (AvgIpc) is 3.03. The fraction of sp³-hybridized carbons (Fsp3) is 0.176. The molecule has 3 rings (SSSR count). The summed E-state index contributed by atoms with van der Waals surface area (Å²) in [7, 11) is 0. The Bertz CT molecular complexity index is 896. The van der Waals surface area contributed by atoms with E-state index in [1.54, 1.807) is 25.3 Å². The zero-order valence-corrected chi connectivity index (χ0v) is 15.2. The maximum Gasteiger partial charge on any atom is 0.259 e. The molecule has 0 fully saturated rings. The summed E-state index contributed by atoms with van der Waals surface area (Å²) >= 11 is 7.30. The Morgan fingerprint density at radius 3 is 2.80 bits per heavy atom. The van der Waals surface area contributed by atoms with Gasteiger partial charge in [0, 0.05) is 16.9 Å². The molecule has 25 heavy (non-hydrogen) atoms. The molecule has 2 aromatic heterocycles. The van der Waals surface area contributed by atoms with Gasteiger partial charge < -0.3 is 9.84 Å². The lowest BCUT2D eigenvalue weighted by Gasteiger charge is -2.08. The average molecular weight is 375 g/mol. The van der Waals surface area contributed by atoms with Crippen LogP contribution in [0.5, 0.6) is 0 Å². The van der Waals surface area contributed by atoms with E-state index in [-0.39, 0.29) is 11.7 Å². The van der Waals surface area contributed by atoms with Crippen LogP contribution >= 0.6 is 23.4 Å². The van der Waals surface area contributed by atoms with Crippen LogP contribution in [0.4, 0.5) is 5.69 Å². The van der Waals surface area contributed by atoms with E-state index >= 15 is 0 Å². The Labute approximate surface area is 154 Å². The van der Waals surface area contributed by atoms with Gasteiger partial charge in [-0.2, -0.15) is 4.98 Å². The SMILES string of the molecule is Cc1noc(-c2ccc(SCC(=O)Nc3cc(Cl)ccc3C)nc2)n1. The van der Waals surface area contributed by atoms with Crippen molar-refractivity contribution in [3.8, 4) is 11.5 Å². The summed E-state index contributed by atoms with van der Waals surface area (Å²) in [6.07, 6.45) is 1.65. The van der Waals surface area contributed by atoms with Crippen LogP contribution in [-0.4, -0.2) is 26.8 Å². The van der Waals surface area contributed by atoms with E-state index in [4.69, 9.17) is 16.1 Å². The van der Waals surface area contributed by atoms with Crippen LogP contribution in [0, 0.1) is 13.8 Å². The van der Waals surface area contributed by atoms with Gasteiger partial charge in [-0.15, -0.1) is 0 Å². The number of nitrogens with zero attached hydrogens (tertiary/aromatic N) is 3. The monoisotopic (exact) mass is 374 g/mol. The number of nitrogens with one attached hydrogen (secondary N) is 1. The number of halogens is 1. The van der Waals surface area contributed by atoms with Gasteiger partial charge >= 0.3 is 0 Å². The molecule has 0 bridgehead atoms. The van der Waals surface area contributed by atoms with E-state index in [0.717, 1.165) is 16.2 Å². The first-order valence-corrected chi connectivity index (χ1v) is 8.83. The van der Waals surface area contributed by atoms with Crippen molar-refractivity contribution in [3.05, 3.63) is 52.9 Å². The third-order valence-electron chi connectivity index (χ3n) is 3.34. The first kappa shape index (κ1) is 17.4. The zero-order valence-electron chi connectivity index (χ0n) is 13.6. The number of hydrogen-bond acceptors (Lipinski definition) is 6. The van der Waals surface area contributed by atoms with Crippen LogP contribution in [-0.2, 0) is 4.79 Å². The molecule has 0 aliphatic heterocycles. The maximum atomic E-state index is 12.1. The summed E-state index contributed by atoms with van der Waals surface area (Å²) in [5.41, 5.74) is 2.41. The number of carbonyl (C=O) groups is 1. The Hall–Kier alpha value is -2.38. The summed E-state index contributed by atoms with van der Waals surface area (Å²) in [5.74, 6) is 1.13. The summed E-state index contributed by atoms with van der Waals surface area (Å²) in [4.78, 5) is 20.6. The summed E-state index contributed by atoms with van der Waals surface area (Å²) < 4.78 is 5.09. The van der Waals surface area contributed by atoms with Crippen molar-refractivity contribution in [3.63, 3.8) is 0 Å². The van der Waals surface area contributed by atoms with Gasteiger partial charge in [0.25, 0.3) is 5.89 Å². The van der Waals surface area contributed by atoms with E-state index in [9.17, 15) is 4.79 Å². The molecular formula is C17H15ClN4O2S. The largest absolute Gasteiger partial charge is 0.334 e. The molecule has 8 heteroatoms. The number of hydrogen-bond donors (Lipinski definition) is 1. The first-order valence-electron chi connectivity index (χ1n) is 7.47. The smallest absolute Gasteiger partial charge is 0.259 e. The molecule has 1 N–H and O–H groups in total. The summed E-state index contributed by atoms with van der Waals surface area (Å²) in [6, 6.07) is 9.04. The molecular weight excluding hydrogens is 360 g/mol. The predicted molar refractivity (Wildman–Crippen MR) is 97.8 cm³/mol. The number of aromatic nitrogens is 3. The number of anilines is 1. The molecule has 2 heterocycles. The van der Waals surface area contributed by atoms with Crippen LogP contribution in [0.2, 0.25) is 5.02 Å². The third kappa shape index (κ3) is 4.58. The molecule has 0 radical (unpaired) electrons. The van der Waals surface area contributed by atoms with Crippen molar-refractivity contribution in [2.45, 2.75) is 18.9 Å². The molecule has 0 spiro atoms. The van der Waals surface area contributed by atoms with Gasteiger partial charge in [0.1, 0.15) is 0 Å². The van der Waals surface area contributed by atoms with Gasteiger partial charge in [-0.1, -0.05) is 34.6 Å². The molecule has 0 atom stereocenters. The standard InChI is InChI=1S/C17H15ClN4O2S/c1-10-3-5-13(18)7-14(10)21-15(23)9-25-16-6-4-12(8-19-16)17-20-11(2)22-24-17/h3-8H,9H2,1-2H3,(H,21,23). The lowest BCUT2D eigenvalue weighted by Crippen LogP contribution is -2.14. The zero-order chi connectivity index (χ0) is 17.8. The fourth-order valence-corrected chi connectivity index (χ4v) is 2.88. The highest BCUT2D eigenvalue weighted by Gasteiger charge is 2.09. The van der Waals surface area contributed by atoms with Gasteiger partial charge in [-0.05, 0) is 43.7 Å². The summed E-state index contributed by atoms with van der Waals surface area (Å²) in [6.45, 7) is 3.67. The Kier molecular flexibility index (Phi) is 5.35. The lowest BCUT2D eigenvalue weighted by molar-refractivity contribution is -0.113. The van der Waals surface area contributed by atoms with Gasteiger partial charge in [-0.25, -0.2) is 4.98 Å². The number of pyridine rings is 1. The number of thioether (sulfide) groups is 1. The second-order valence-corrected chi connectivity index (χ2v) is 6.76. The van der Waals surface area contributed by atoms with Crippen molar-refractivity contribution in [2.24, 2.45) is 0 Å². The van der Waals surface area contributed by atoms with E-state index in [1.165, 1.54) is 11.8 Å². The van der Waals surface area contributed by atoms with E-state index < -0.39 is 0 Å². The van der Waals surface area contributed by atoms with Crippen molar-refractivity contribution in [2.75, 3.05) is 11.1 Å². The second-order valence-electron chi connectivity index (χ2n) is 5.33. The molecule has 128 valence electrons. The first-order chi connectivity index (χ1) is 12.0.